The highest BCUT2D eigenvalue weighted by Gasteiger charge is 2.11. The summed E-state index contributed by atoms with van der Waals surface area (Å²) in [5.74, 6) is 0.237. The summed E-state index contributed by atoms with van der Waals surface area (Å²) in [6, 6.07) is 8.83. The van der Waals surface area contributed by atoms with Crippen molar-refractivity contribution in [3.63, 3.8) is 0 Å². The highest BCUT2D eigenvalue weighted by molar-refractivity contribution is 7.84. The van der Waals surface area contributed by atoms with Crippen LogP contribution in [0.2, 0.25) is 0 Å². The van der Waals surface area contributed by atoms with Gasteiger partial charge in [-0.05, 0) is 24.3 Å². The molecule has 0 radical (unpaired) electrons. The average molecular weight is 263 g/mol. The van der Waals surface area contributed by atoms with E-state index < -0.39 is 5.91 Å². The fourth-order valence-electron chi connectivity index (χ4n) is 1.21. The molecule has 0 heterocycles. The zero-order chi connectivity index (χ0) is 13.5. The number of hydrogen-bond donors (Lipinski definition) is 3. The number of methoxy groups -OCH3 is 1. The number of anilines is 1. The standard InChI is InChI=1S/C12H13N3O2S/c1-14-11(16)10(7-13)12(18)15-8-3-5-9(17-2)6-4-8/h3-6,15,18H,1-2H3,(H,14,16)/b12-10+. The van der Waals surface area contributed by atoms with Crippen molar-refractivity contribution in [1.29, 1.82) is 5.26 Å². The highest BCUT2D eigenvalue weighted by Crippen LogP contribution is 2.19. The molecule has 0 bridgehead atoms. The van der Waals surface area contributed by atoms with Crippen molar-refractivity contribution in [1.82, 2.24) is 5.32 Å². The Morgan fingerprint density at radius 1 is 1.39 bits per heavy atom. The van der Waals surface area contributed by atoms with E-state index in [2.05, 4.69) is 23.3 Å². The first-order chi connectivity index (χ1) is 8.62. The fraction of sp³-hybridized carbons (Fsp3) is 0.167. The van der Waals surface area contributed by atoms with Gasteiger partial charge in [-0.1, -0.05) is 0 Å². The van der Waals surface area contributed by atoms with Crippen LogP contribution in [0.1, 0.15) is 0 Å². The molecule has 0 saturated heterocycles. The molecule has 1 aromatic rings. The van der Waals surface area contributed by atoms with Gasteiger partial charge in [-0.2, -0.15) is 5.26 Å². The van der Waals surface area contributed by atoms with Crippen molar-refractivity contribution in [2.75, 3.05) is 19.5 Å². The van der Waals surface area contributed by atoms with Crippen LogP contribution in [0, 0.1) is 11.3 Å². The topological polar surface area (TPSA) is 74.2 Å². The van der Waals surface area contributed by atoms with Gasteiger partial charge in [-0.15, -0.1) is 12.6 Å². The van der Waals surface area contributed by atoms with Crippen LogP contribution >= 0.6 is 12.6 Å². The second kappa shape index (κ2) is 6.57. The Morgan fingerprint density at radius 3 is 2.44 bits per heavy atom. The van der Waals surface area contributed by atoms with Gasteiger partial charge in [-0.25, -0.2) is 0 Å². The van der Waals surface area contributed by atoms with E-state index in [0.717, 1.165) is 5.75 Å². The summed E-state index contributed by atoms with van der Waals surface area (Å²) in [5.41, 5.74) is 0.633. The van der Waals surface area contributed by atoms with Crippen molar-refractivity contribution in [3.05, 3.63) is 34.9 Å². The molecule has 0 aliphatic rings. The molecule has 0 fully saturated rings. The summed E-state index contributed by atoms with van der Waals surface area (Å²) in [5, 5.41) is 14.3. The molecule has 0 aliphatic heterocycles. The summed E-state index contributed by atoms with van der Waals surface area (Å²) in [4.78, 5) is 11.4. The SMILES string of the molecule is CNC(=O)/C(C#N)=C(/S)Nc1ccc(OC)cc1. The molecule has 0 saturated carbocycles. The predicted octanol–water partition coefficient (Wildman–Crippen LogP) is 1.52. The van der Waals surface area contributed by atoms with E-state index in [1.165, 1.54) is 7.05 Å². The highest BCUT2D eigenvalue weighted by atomic mass is 32.1. The lowest BCUT2D eigenvalue weighted by molar-refractivity contribution is -0.116. The lowest BCUT2D eigenvalue weighted by Gasteiger charge is -2.08. The van der Waals surface area contributed by atoms with Gasteiger partial charge in [0.05, 0.1) is 12.1 Å². The van der Waals surface area contributed by atoms with Gasteiger partial charge in [0.25, 0.3) is 5.91 Å². The number of rotatable bonds is 4. The maximum atomic E-state index is 11.4. The molecule has 6 heteroatoms. The molecule has 0 atom stereocenters. The molecular formula is C12H13N3O2S. The lowest BCUT2D eigenvalue weighted by Crippen LogP contribution is -2.21. The average Bonchev–Trinajstić information content (AvgIpc) is 2.40. The lowest BCUT2D eigenvalue weighted by atomic mass is 10.2. The third-order valence-corrected chi connectivity index (χ3v) is 2.49. The first-order valence-electron chi connectivity index (χ1n) is 5.09. The Labute approximate surface area is 111 Å². The Bertz CT molecular complexity index is 503. The maximum Gasteiger partial charge on any atom is 0.264 e. The molecule has 0 aromatic heterocycles. The number of benzene rings is 1. The number of nitriles is 1. The molecular weight excluding hydrogens is 250 g/mol. The summed E-state index contributed by atoms with van der Waals surface area (Å²) >= 11 is 4.11. The number of amides is 1. The molecule has 5 nitrogen and oxygen atoms in total. The van der Waals surface area contributed by atoms with E-state index in [9.17, 15) is 4.79 Å². The summed E-state index contributed by atoms with van der Waals surface area (Å²) in [6.45, 7) is 0. The van der Waals surface area contributed by atoms with Crippen molar-refractivity contribution >= 4 is 24.2 Å². The van der Waals surface area contributed by atoms with Crippen LogP contribution in [-0.2, 0) is 4.79 Å². The number of hydrogen-bond acceptors (Lipinski definition) is 5. The number of likely N-dealkylation sites (N-methyl/N-ethyl adjacent to an activating group) is 1. The Morgan fingerprint density at radius 2 is 2.00 bits per heavy atom. The zero-order valence-electron chi connectivity index (χ0n) is 10.0. The first kappa shape index (κ1) is 13.9. The maximum absolute atomic E-state index is 11.4. The number of carbonyl (C=O) groups is 1. The molecule has 94 valence electrons. The van der Waals surface area contributed by atoms with E-state index in [1.54, 1.807) is 37.4 Å². The van der Waals surface area contributed by atoms with Crippen LogP contribution in [0.4, 0.5) is 5.69 Å². The number of thiol groups is 1. The fourth-order valence-corrected chi connectivity index (χ4v) is 1.49. The summed E-state index contributed by atoms with van der Waals surface area (Å²) in [7, 11) is 3.03. The molecule has 2 N–H and O–H groups in total. The molecule has 0 unspecified atom stereocenters. The van der Waals surface area contributed by atoms with Crippen LogP contribution in [0.5, 0.6) is 5.75 Å². The summed E-state index contributed by atoms with van der Waals surface area (Å²) < 4.78 is 5.02. The van der Waals surface area contributed by atoms with Gasteiger partial charge < -0.3 is 15.4 Å². The number of ether oxygens (including phenoxy) is 1. The predicted molar refractivity (Wildman–Crippen MR) is 72.3 cm³/mol. The molecule has 0 spiro atoms. The quantitative estimate of drug-likeness (QED) is 0.437. The third-order valence-electron chi connectivity index (χ3n) is 2.16. The Kier molecular flexibility index (Phi) is 5.08. The van der Waals surface area contributed by atoms with Crippen molar-refractivity contribution < 1.29 is 9.53 Å². The van der Waals surface area contributed by atoms with E-state index >= 15 is 0 Å². The van der Waals surface area contributed by atoms with E-state index in [-0.39, 0.29) is 10.6 Å². The smallest absolute Gasteiger partial charge is 0.264 e. The minimum atomic E-state index is -0.483. The van der Waals surface area contributed by atoms with Crippen molar-refractivity contribution in [3.8, 4) is 11.8 Å². The molecule has 1 aromatic carbocycles. The van der Waals surface area contributed by atoms with Crippen LogP contribution < -0.4 is 15.4 Å². The second-order valence-corrected chi connectivity index (χ2v) is 3.72. The van der Waals surface area contributed by atoms with E-state index in [1.807, 2.05) is 0 Å². The normalized spacial score (nSPS) is 11.0. The Balaban J connectivity index is 2.91. The van der Waals surface area contributed by atoms with E-state index in [0.29, 0.717) is 5.69 Å². The van der Waals surface area contributed by atoms with Crippen molar-refractivity contribution in [2.45, 2.75) is 0 Å². The number of nitrogens with one attached hydrogen (secondary N) is 2. The minimum absolute atomic E-state index is 0.0725. The largest absolute Gasteiger partial charge is 0.497 e. The molecule has 18 heavy (non-hydrogen) atoms. The molecule has 1 rings (SSSR count). The van der Waals surface area contributed by atoms with Gasteiger partial charge in [0.2, 0.25) is 0 Å². The second-order valence-electron chi connectivity index (χ2n) is 3.27. The number of carbonyl (C=O) groups excluding carboxylic acids is 1. The zero-order valence-corrected chi connectivity index (χ0v) is 10.9. The monoisotopic (exact) mass is 263 g/mol. The van der Waals surface area contributed by atoms with Crippen LogP contribution in [0.25, 0.3) is 0 Å². The third kappa shape index (κ3) is 3.43. The van der Waals surface area contributed by atoms with Gasteiger partial charge in [0, 0.05) is 12.7 Å². The van der Waals surface area contributed by atoms with E-state index in [4.69, 9.17) is 10.00 Å². The van der Waals surface area contributed by atoms with Crippen LogP contribution in [-0.4, -0.2) is 20.1 Å². The van der Waals surface area contributed by atoms with Gasteiger partial charge >= 0.3 is 0 Å². The van der Waals surface area contributed by atoms with Crippen LogP contribution in [0.3, 0.4) is 0 Å². The Hall–Kier alpha value is -2.13. The number of nitrogens with zero attached hydrogens (tertiary/aromatic N) is 1. The first-order valence-corrected chi connectivity index (χ1v) is 5.53. The minimum Gasteiger partial charge on any atom is -0.497 e. The molecule has 1 amide bonds. The van der Waals surface area contributed by atoms with Gasteiger partial charge in [0.1, 0.15) is 17.4 Å². The van der Waals surface area contributed by atoms with Crippen molar-refractivity contribution in [2.24, 2.45) is 0 Å². The van der Waals surface area contributed by atoms with Crippen LogP contribution in [0.15, 0.2) is 34.9 Å². The molecule has 0 aliphatic carbocycles. The van der Waals surface area contributed by atoms with Gasteiger partial charge in [0.15, 0.2) is 0 Å². The van der Waals surface area contributed by atoms with Gasteiger partial charge in [-0.3, -0.25) is 4.79 Å². The summed E-state index contributed by atoms with van der Waals surface area (Å²) in [6.07, 6.45) is 0.